The predicted octanol–water partition coefficient (Wildman–Crippen LogP) is 7.58. The lowest BCUT2D eigenvalue weighted by atomic mass is 10.2. The van der Waals surface area contributed by atoms with E-state index >= 15 is 0 Å². The van der Waals surface area contributed by atoms with Crippen LogP contribution in [0.4, 0.5) is 5.69 Å². The standard InChI is InChI=1S/C23H15Br2ClN2O2S/c24-17-12-18(25)23(22-16(17)4-3-11-27-22)30-13-21(29)28-19-5-1-2-6-20(19)31-15-9-7-14(26)8-10-15/h1-12H,13H2,(H,28,29). The monoisotopic (exact) mass is 576 g/mol. The molecule has 31 heavy (non-hydrogen) atoms. The molecule has 4 aromatic rings. The number of ether oxygens (including phenoxy) is 1. The van der Waals surface area contributed by atoms with Gasteiger partial charge in [-0.1, -0.05) is 57.5 Å². The highest BCUT2D eigenvalue weighted by Crippen LogP contribution is 2.37. The van der Waals surface area contributed by atoms with Crippen LogP contribution in [-0.2, 0) is 4.79 Å². The summed E-state index contributed by atoms with van der Waals surface area (Å²) in [6.45, 7) is -0.147. The van der Waals surface area contributed by atoms with Crippen molar-refractivity contribution in [2.24, 2.45) is 0 Å². The highest BCUT2D eigenvalue weighted by atomic mass is 79.9. The van der Waals surface area contributed by atoms with E-state index in [0.29, 0.717) is 22.0 Å². The molecule has 1 amide bonds. The van der Waals surface area contributed by atoms with Crippen LogP contribution in [0.15, 0.2) is 91.7 Å². The molecule has 0 radical (unpaired) electrons. The number of aromatic nitrogens is 1. The molecule has 0 saturated heterocycles. The van der Waals surface area contributed by atoms with Gasteiger partial charge in [0.1, 0.15) is 5.52 Å². The van der Waals surface area contributed by atoms with Crippen molar-refractivity contribution in [3.63, 3.8) is 0 Å². The van der Waals surface area contributed by atoms with E-state index in [1.807, 2.05) is 66.7 Å². The van der Waals surface area contributed by atoms with Crippen molar-refractivity contribution in [3.8, 4) is 5.75 Å². The fraction of sp³-hybridized carbons (Fsp3) is 0.0435. The van der Waals surface area contributed by atoms with Crippen molar-refractivity contribution in [3.05, 3.63) is 86.9 Å². The van der Waals surface area contributed by atoms with Crippen LogP contribution in [0.3, 0.4) is 0 Å². The van der Waals surface area contributed by atoms with Crippen LogP contribution >= 0.6 is 55.2 Å². The largest absolute Gasteiger partial charge is 0.480 e. The molecule has 0 fully saturated rings. The van der Waals surface area contributed by atoms with Gasteiger partial charge in [-0.25, -0.2) is 0 Å². The zero-order valence-electron chi connectivity index (χ0n) is 15.9. The lowest BCUT2D eigenvalue weighted by Crippen LogP contribution is -2.20. The van der Waals surface area contributed by atoms with E-state index in [0.717, 1.165) is 24.1 Å². The highest BCUT2D eigenvalue weighted by Gasteiger charge is 2.14. The minimum Gasteiger partial charge on any atom is -0.480 e. The normalized spacial score (nSPS) is 10.8. The van der Waals surface area contributed by atoms with Crippen molar-refractivity contribution in [2.75, 3.05) is 11.9 Å². The van der Waals surface area contributed by atoms with Crippen molar-refractivity contribution in [1.82, 2.24) is 4.98 Å². The molecule has 1 aromatic heterocycles. The summed E-state index contributed by atoms with van der Waals surface area (Å²) in [4.78, 5) is 19.0. The van der Waals surface area contributed by atoms with E-state index in [1.165, 1.54) is 0 Å². The summed E-state index contributed by atoms with van der Waals surface area (Å²) in [5.74, 6) is 0.265. The first kappa shape index (κ1) is 22.1. The van der Waals surface area contributed by atoms with Gasteiger partial charge in [0, 0.05) is 30.9 Å². The average Bonchev–Trinajstić information content (AvgIpc) is 2.76. The molecule has 8 heteroatoms. The number of nitrogens with zero attached hydrogens (tertiary/aromatic N) is 1. The SMILES string of the molecule is O=C(COc1c(Br)cc(Br)c2cccnc12)Nc1ccccc1Sc1ccc(Cl)cc1. The third kappa shape index (κ3) is 5.41. The quantitative estimate of drug-likeness (QED) is 0.256. The van der Waals surface area contributed by atoms with Gasteiger partial charge in [0.25, 0.3) is 5.91 Å². The molecule has 1 N–H and O–H groups in total. The molecule has 0 bridgehead atoms. The number of anilines is 1. The Morgan fingerprint density at radius 1 is 1.03 bits per heavy atom. The fourth-order valence-corrected chi connectivity index (χ4v) is 5.31. The average molecular weight is 579 g/mol. The summed E-state index contributed by atoms with van der Waals surface area (Å²) in [5.41, 5.74) is 1.39. The molecule has 0 unspecified atom stereocenters. The molecule has 3 aromatic carbocycles. The van der Waals surface area contributed by atoms with Crippen LogP contribution in [0.1, 0.15) is 0 Å². The van der Waals surface area contributed by atoms with E-state index in [2.05, 4.69) is 42.2 Å². The van der Waals surface area contributed by atoms with E-state index in [-0.39, 0.29) is 12.5 Å². The Morgan fingerprint density at radius 2 is 1.81 bits per heavy atom. The summed E-state index contributed by atoms with van der Waals surface area (Å²) in [7, 11) is 0. The maximum atomic E-state index is 12.6. The number of fused-ring (bicyclic) bond motifs is 1. The molecule has 156 valence electrons. The van der Waals surface area contributed by atoms with Crippen LogP contribution in [0.5, 0.6) is 5.75 Å². The number of pyridine rings is 1. The summed E-state index contributed by atoms with van der Waals surface area (Å²) in [6, 6.07) is 20.9. The molecule has 4 nitrogen and oxygen atoms in total. The molecule has 0 atom stereocenters. The minimum atomic E-state index is -0.261. The minimum absolute atomic E-state index is 0.147. The molecule has 0 spiro atoms. The first-order chi connectivity index (χ1) is 15.0. The number of halogens is 3. The van der Waals surface area contributed by atoms with E-state index in [9.17, 15) is 4.79 Å². The number of benzene rings is 3. The molecule has 0 aliphatic heterocycles. The Balaban J connectivity index is 1.48. The number of carbonyl (C=O) groups is 1. The van der Waals surface area contributed by atoms with Gasteiger partial charge in [-0.3, -0.25) is 9.78 Å². The lowest BCUT2D eigenvalue weighted by Gasteiger charge is -2.13. The molecule has 1 heterocycles. The van der Waals surface area contributed by atoms with Crippen LogP contribution in [0.2, 0.25) is 5.02 Å². The molecule has 0 saturated carbocycles. The second-order valence-corrected chi connectivity index (χ2v) is 9.72. The van der Waals surface area contributed by atoms with Gasteiger partial charge in [0.05, 0.1) is 10.2 Å². The first-order valence-corrected chi connectivity index (χ1v) is 12.0. The van der Waals surface area contributed by atoms with Crippen LogP contribution in [0.25, 0.3) is 10.9 Å². The van der Waals surface area contributed by atoms with E-state index < -0.39 is 0 Å². The van der Waals surface area contributed by atoms with Gasteiger partial charge >= 0.3 is 0 Å². The third-order valence-electron chi connectivity index (χ3n) is 4.30. The number of carbonyl (C=O) groups excluding carboxylic acids is 1. The maximum Gasteiger partial charge on any atom is 0.262 e. The van der Waals surface area contributed by atoms with Gasteiger partial charge in [0.2, 0.25) is 0 Å². The molecular formula is C23H15Br2ClN2O2S. The Morgan fingerprint density at radius 3 is 2.61 bits per heavy atom. The summed E-state index contributed by atoms with van der Waals surface area (Å²) < 4.78 is 7.46. The van der Waals surface area contributed by atoms with Gasteiger partial charge < -0.3 is 10.1 Å². The summed E-state index contributed by atoms with van der Waals surface area (Å²) >= 11 is 14.5. The van der Waals surface area contributed by atoms with Gasteiger partial charge in [-0.2, -0.15) is 0 Å². The first-order valence-electron chi connectivity index (χ1n) is 9.19. The number of nitrogens with one attached hydrogen (secondary N) is 1. The van der Waals surface area contributed by atoms with Crippen LogP contribution < -0.4 is 10.1 Å². The predicted molar refractivity (Wildman–Crippen MR) is 133 cm³/mol. The zero-order valence-corrected chi connectivity index (χ0v) is 20.7. The van der Waals surface area contributed by atoms with Gasteiger partial charge in [-0.05, 0) is 64.5 Å². The number of amides is 1. The van der Waals surface area contributed by atoms with Gasteiger partial charge in [-0.15, -0.1) is 0 Å². The number of hydrogen-bond donors (Lipinski definition) is 1. The summed E-state index contributed by atoms with van der Waals surface area (Å²) in [5, 5.41) is 4.53. The molecule has 0 aliphatic rings. The van der Waals surface area contributed by atoms with Crippen molar-refractivity contribution >= 4 is 77.7 Å². The van der Waals surface area contributed by atoms with Crippen LogP contribution in [0, 0.1) is 0 Å². The second-order valence-electron chi connectivity index (χ2n) is 6.46. The highest BCUT2D eigenvalue weighted by molar-refractivity contribution is 9.11. The maximum absolute atomic E-state index is 12.6. The van der Waals surface area contributed by atoms with Crippen molar-refractivity contribution < 1.29 is 9.53 Å². The van der Waals surface area contributed by atoms with E-state index in [1.54, 1.807) is 18.0 Å². The Labute approximate surface area is 205 Å². The zero-order chi connectivity index (χ0) is 21.8. The number of rotatable bonds is 6. The molecule has 4 rings (SSSR count). The van der Waals surface area contributed by atoms with Crippen LogP contribution in [-0.4, -0.2) is 17.5 Å². The van der Waals surface area contributed by atoms with Crippen molar-refractivity contribution in [1.29, 1.82) is 0 Å². The van der Waals surface area contributed by atoms with Crippen molar-refractivity contribution in [2.45, 2.75) is 9.79 Å². The number of para-hydroxylation sites is 1. The smallest absolute Gasteiger partial charge is 0.262 e. The van der Waals surface area contributed by atoms with Gasteiger partial charge in [0.15, 0.2) is 12.4 Å². The van der Waals surface area contributed by atoms with E-state index in [4.69, 9.17) is 16.3 Å². The fourth-order valence-electron chi connectivity index (χ4n) is 2.90. The Kier molecular flexibility index (Phi) is 7.17. The molecular weight excluding hydrogens is 564 g/mol. The second kappa shape index (κ2) is 10.0. The third-order valence-corrected chi connectivity index (χ3v) is 6.88. The lowest BCUT2D eigenvalue weighted by molar-refractivity contribution is -0.118. The Bertz CT molecular complexity index is 1250. The molecule has 0 aliphatic carbocycles. The summed E-state index contributed by atoms with van der Waals surface area (Å²) in [6.07, 6.45) is 1.69. The Hall–Kier alpha value is -2.06. The topological polar surface area (TPSA) is 51.2 Å². The number of hydrogen-bond acceptors (Lipinski definition) is 4.